The lowest BCUT2D eigenvalue weighted by Gasteiger charge is -2.14. The minimum absolute atomic E-state index is 0.430. The van der Waals surface area contributed by atoms with Crippen molar-refractivity contribution in [2.45, 2.75) is 45.1 Å². The molecule has 0 fully saturated rings. The van der Waals surface area contributed by atoms with Crippen LogP contribution in [0.5, 0.6) is 0 Å². The van der Waals surface area contributed by atoms with E-state index in [1.54, 1.807) is 0 Å². The molecule has 0 aliphatic rings. The van der Waals surface area contributed by atoms with Crippen molar-refractivity contribution in [2.24, 2.45) is 0 Å². The molecule has 17 heavy (non-hydrogen) atoms. The molecular weight excluding hydrogens is 220 g/mol. The smallest absolute Gasteiger partial charge is 0.326 e. The molecule has 0 aromatic heterocycles. The maximum absolute atomic E-state index is 11.3. The summed E-state index contributed by atoms with van der Waals surface area (Å²) in [7, 11) is 0. The van der Waals surface area contributed by atoms with Crippen molar-refractivity contribution >= 4 is 12.0 Å². The first-order chi connectivity index (χ1) is 8.11. The number of hydrogen-bond acceptors (Lipinski definition) is 2. The first-order valence-electron chi connectivity index (χ1n) is 5.82. The lowest BCUT2D eigenvalue weighted by atomic mass is 10.2. The molecule has 0 aliphatic heterocycles. The van der Waals surface area contributed by atoms with Crippen molar-refractivity contribution in [3.05, 3.63) is 0 Å². The number of carboxylic acid groups (broad SMARTS) is 1. The minimum atomic E-state index is -1.01. The second kappa shape index (κ2) is 9.52. The van der Waals surface area contributed by atoms with Crippen LogP contribution < -0.4 is 10.6 Å². The number of hydrogen-bond donors (Lipinski definition) is 3. The molecule has 0 aromatic rings. The Morgan fingerprint density at radius 2 is 2.12 bits per heavy atom. The molecule has 96 valence electrons. The maximum Gasteiger partial charge on any atom is 0.326 e. The summed E-state index contributed by atoms with van der Waals surface area (Å²) in [5.41, 5.74) is 0. The molecule has 0 aliphatic carbocycles. The number of terminal acetylenes is 1. The topological polar surface area (TPSA) is 78.4 Å². The Labute approximate surface area is 102 Å². The van der Waals surface area contributed by atoms with Crippen LogP contribution >= 0.6 is 0 Å². The molecule has 0 saturated heterocycles. The molecule has 5 heteroatoms. The molecule has 0 bridgehead atoms. The fourth-order valence-corrected chi connectivity index (χ4v) is 1.31. The van der Waals surface area contributed by atoms with E-state index in [1.807, 2.05) is 6.92 Å². The third-order valence-corrected chi connectivity index (χ3v) is 2.21. The van der Waals surface area contributed by atoms with Crippen LogP contribution in [0, 0.1) is 12.3 Å². The van der Waals surface area contributed by atoms with Crippen molar-refractivity contribution < 1.29 is 14.7 Å². The Bertz CT molecular complexity index is 284. The highest BCUT2D eigenvalue weighted by Crippen LogP contribution is 1.96. The summed E-state index contributed by atoms with van der Waals surface area (Å²) < 4.78 is 0. The molecular formula is C12H20N2O3. The molecule has 0 saturated carbocycles. The van der Waals surface area contributed by atoms with Crippen LogP contribution in [0.3, 0.4) is 0 Å². The van der Waals surface area contributed by atoms with E-state index in [2.05, 4.69) is 16.6 Å². The average molecular weight is 240 g/mol. The molecule has 0 rings (SSSR count). The van der Waals surface area contributed by atoms with Gasteiger partial charge in [0.05, 0.1) is 0 Å². The van der Waals surface area contributed by atoms with Crippen LogP contribution in [0.25, 0.3) is 0 Å². The molecule has 2 amide bonds. The van der Waals surface area contributed by atoms with Gasteiger partial charge in [0, 0.05) is 13.0 Å². The summed E-state index contributed by atoms with van der Waals surface area (Å²) in [5.74, 6) is 1.51. The number of carboxylic acids is 1. The second-order valence-corrected chi connectivity index (χ2v) is 3.74. The van der Waals surface area contributed by atoms with Crippen molar-refractivity contribution in [3.8, 4) is 12.3 Å². The first kappa shape index (κ1) is 15.3. The number of nitrogens with one attached hydrogen (secondary N) is 2. The second-order valence-electron chi connectivity index (χ2n) is 3.74. The molecule has 0 radical (unpaired) electrons. The number of carbonyl (C=O) groups excluding carboxylic acids is 1. The Morgan fingerprint density at radius 3 is 2.65 bits per heavy atom. The lowest BCUT2D eigenvalue weighted by Crippen LogP contribution is -2.46. The summed E-state index contributed by atoms with van der Waals surface area (Å²) in [6.45, 7) is 2.38. The summed E-state index contributed by atoms with van der Waals surface area (Å²) in [5, 5.41) is 13.9. The van der Waals surface area contributed by atoms with E-state index in [4.69, 9.17) is 11.5 Å². The van der Waals surface area contributed by atoms with Crippen LogP contribution in [0.1, 0.15) is 39.0 Å². The van der Waals surface area contributed by atoms with Crippen LogP contribution in [0.2, 0.25) is 0 Å². The number of amides is 2. The number of unbranched alkanes of at least 4 members (excludes halogenated alkanes) is 2. The van der Waals surface area contributed by atoms with E-state index >= 15 is 0 Å². The highest BCUT2D eigenvalue weighted by atomic mass is 16.4. The van der Waals surface area contributed by atoms with Crippen LogP contribution in [0.4, 0.5) is 4.79 Å². The zero-order valence-corrected chi connectivity index (χ0v) is 10.2. The third-order valence-electron chi connectivity index (χ3n) is 2.21. The molecule has 5 nitrogen and oxygen atoms in total. The third kappa shape index (κ3) is 8.14. The normalized spacial score (nSPS) is 11.3. The monoisotopic (exact) mass is 240 g/mol. The molecule has 0 spiro atoms. The van der Waals surface area contributed by atoms with E-state index in [0.29, 0.717) is 25.8 Å². The van der Waals surface area contributed by atoms with Gasteiger partial charge in [0.1, 0.15) is 6.04 Å². The molecule has 0 heterocycles. The minimum Gasteiger partial charge on any atom is -0.480 e. The average Bonchev–Trinajstić information content (AvgIpc) is 2.28. The Hall–Kier alpha value is -1.70. The van der Waals surface area contributed by atoms with Gasteiger partial charge in [-0.1, -0.05) is 13.3 Å². The van der Waals surface area contributed by atoms with Crippen LogP contribution in [0.15, 0.2) is 0 Å². The SMILES string of the molecule is C#CCCCCNC(=O)N[C@@H](CCC)C(=O)O. The predicted octanol–water partition coefficient (Wildman–Crippen LogP) is 1.34. The van der Waals surface area contributed by atoms with Crippen LogP contribution in [-0.2, 0) is 4.79 Å². The maximum atomic E-state index is 11.3. The van der Waals surface area contributed by atoms with E-state index in [1.165, 1.54) is 0 Å². The number of rotatable bonds is 8. The van der Waals surface area contributed by atoms with Gasteiger partial charge >= 0.3 is 12.0 Å². The quantitative estimate of drug-likeness (QED) is 0.442. The van der Waals surface area contributed by atoms with Gasteiger partial charge in [-0.15, -0.1) is 12.3 Å². The fourth-order valence-electron chi connectivity index (χ4n) is 1.31. The zero-order valence-electron chi connectivity index (χ0n) is 10.2. The van der Waals surface area contributed by atoms with Gasteiger partial charge < -0.3 is 15.7 Å². The summed E-state index contributed by atoms with van der Waals surface area (Å²) >= 11 is 0. The van der Waals surface area contributed by atoms with Crippen molar-refractivity contribution in [3.63, 3.8) is 0 Å². The van der Waals surface area contributed by atoms with Gasteiger partial charge in [-0.05, 0) is 19.3 Å². The molecule has 0 aromatic carbocycles. The highest BCUT2D eigenvalue weighted by molar-refractivity contribution is 5.82. The molecule has 0 unspecified atom stereocenters. The van der Waals surface area contributed by atoms with Gasteiger partial charge in [0.15, 0.2) is 0 Å². The lowest BCUT2D eigenvalue weighted by molar-refractivity contribution is -0.139. The van der Waals surface area contributed by atoms with Gasteiger partial charge in [0.25, 0.3) is 0 Å². The van der Waals surface area contributed by atoms with E-state index in [0.717, 1.165) is 12.8 Å². The van der Waals surface area contributed by atoms with Gasteiger partial charge in [-0.25, -0.2) is 9.59 Å². The molecule has 1 atom stereocenters. The van der Waals surface area contributed by atoms with E-state index in [9.17, 15) is 9.59 Å². The van der Waals surface area contributed by atoms with Crippen molar-refractivity contribution in [1.29, 1.82) is 0 Å². The summed E-state index contributed by atoms with van der Waals surface area (Å²) in [4.78, 5) is 22.1. The predicted molar refractivity (Wildman–Crippen MR) is 65.6 cm³/mol. The van der Waals surface area contributed by atoms with Gasteiger partial charge in [0.2, 0.25) is 0 Å². The van der Waals surface area contributed by atoms with E-state index in [-0.39, 0.29) is 0 Å². The van der Waals surface area contributed by atoms with Crippen molar-refractivity contribution in [2.75, 3.05) is 6.54 Å². The number of aliphatic carboxylic acids is 1. The van der Waals surface area contributed by atoms with Gasteiger partial charge in [-0.3, -0.25) is 0 Å². The summed E-state index contributed by atoms with van der Waals surface area (Å²) in [6, 6.07) is -1.25. The fraction of sp³-hybridized carbons (Fsp3) is 0.667. The summed E-state index contributed by atoms with van der Waals surface area (Å²) in [6.07, 6.45) is 8.57. The molecule has 3 N–H and O–H groups in total. The van der Waals surface area contributed by atoms with Crippen LogP contribution in [-0.4, -0.2) is 29.7 Å². The standard InChI is InChI=1S/C12H20N2O3/c1-3-5-6-7-9-13-12(17)14-10(8-4-2)11(15)16/h1,10H,4-9H2,2H3,(H,15,16)(H2,13,14,17)/t10-/m0/s1. The Morgan fingerprint density at radius 1 is 1.41 bits per heavy atom. The Kier molecular flexibility index (Phi) is 8.57. The highest BCUT2D eigenvalue weighted by Gasteiger charge is 2.17. The number of urea groups is 1. The Balaban J connectivity index is 3.75. The van der Waals surface area contributed by atoms with Gasteiger partial charge in [-0.2, -0.15) is 0 Å². The van der Waals surface area contributed by atoms with E-state index < -0.39 is 18.0 Å². The largest absolute Gasteiger partial charge is 0.480 e. The number of carbonyl (C=O) groups is 2. The first-order valence-corrected chi connectivity index (χ1v) is 5.82. The van der Waals surface area contributed by atoms with Crippen molar-refractivity contribution in [1.82, 2.24) is 10.6 Å². The zero-order chi connectivity index (χ0) is 13.1.